The Bertz CT molecular complexity index is 447. The van der Waals surface area contributed by atoms with Crippen LogP contribution in [0.2, 0.25) is 0 Å². The van der Waals surface area contributed by atoms with E-state index >= 15 is 0 Å². The molecule has 2 N–H and O–H groups in total. The highest BCUT2D eigenvalue weighted by atomic mass is 16.5. The number of rotatable bonds is 6. The fourth-order valence-corrected chi connectivity index (χ4v) is 1.88. The van der Waals surface area contributed by atoms with Gasteiger partial charge < -0.3 is 10.2 Å². The number of ether oxygens (including phenoxy) is 1. The molecule has 0 aromatic heterocycles. The first kappa shape index (κ1) is 15.5. The summed E-state index contributed by atoms with van der Waals surface area (Å²) in [4.78, 5) is 0. The smallest absolute Gasteiger partial charge is 0.123 e. The van der Waals surface area contributed by atoms with E-state index in [1.165, 1.54) is 5.56 Å². The first-order chi connectivity index (χ1) is 8.80. The van der Waals surface area contributed by atoms with E-state index in [0.29, 0.717) is 6.42 Å². The first-order valence-corrected chi connectivity index (χ1v) is 6.36. The molecule has 0 amide bonds. The van der Waals surface area contributed by atoms with E-state index in [1.54, 1.807) is 7.11 Å². The monoisotopic (exact) mass is 261 g/mol. The quantitative estimate of drug-likeness (QED) is 0.773. The minimum atomic E-state index is -0.704. The largest absolute Gasteiger partial charge is 0.379 e. The van der Waals surface area contributed by atoms with E-state index in [2.05, 4.69) is 16.9 Å². The van der Waals surface area contributed by atoms with Crippen molar-refractivity contribution in [2.75, 3.05) is 12.5 Å². The second kappa shape index (κ2) is 6.05. The highest BCUT2D eigenvalue weighted by Gasteiger charge is 2.32. The van der Waals surface area contributed by atoms with Crippen LogP contribution in [0.4, 0.5) is 5.69 Å². The number of benzene rings is 1. The van der Waals surface area contributed by atoms with Gasteiger partial charge in [-0.05, 0) is 39.8 Å². The van der Waals surface area contributed by atoms with Crippen LogP contribution in [0, 0.1) is 18.3 Å². The highest BCUT2D eigenvalue weighted by Crippen LogP contribution is 2.22. The fraction of sp³-hybridized carbons (Fsp3) is 0.533. The molecule has 0 radical (unpaired) electrons. The van der Waals surface area contributed by atoms with Crippen LogP contribution in [-0.2, 0) is 4.74 Å². The lowest BCUT2D eigenvalue weighted by Crippen LogP contribution is -2.49. The molecule has 4 heteroatoms. The number of anilines is 1. The summed E-state index contributed by atoms with van der Waals surface area (Å²) >= 11 is 0. The Balaban J connectivity index is 2.66. The molecule has 1 aromatic rings. The Morgan fingerprint density at radius 2 is 1.79 bits per heavy atom. The predicted molar refractivity (Wildman–Crippen MR) is 77.7 cm³/mol. The summed E-state index contributed by atoms with van der Waals surface area (Å²) < 4.78 is 5.38. The Morgan fingerprint density at radius 3 is 2.26 bits per heavy atom. The Morgan fingerprint density at radius 1 is 1.21 bits per heavy atom. The minimum absolute atomic E-state index is 0.355. The topological polar surface area (TPSA) is 57.1 Å². The van der Waals surface area contributed by atoms with Gasteiger partial charge in [0.15, 0.2) is 0 Å². The fourth-order valence-electron chi connectivity index (χ4n) is 1.88. The Labute approximate surface area is 115 Å². The molecule has 0 saturated carbocycles. The van der Waals surface area contributed by atoms with Gasteiger partial charge in [-0.15, -0.1) is 0 Å². The number of nitrogens with one attached hydrogen (secondary N) is 2. The first-order valence-electron chi connectivity index (χ1n) is 6.36. The Hall–Kier alpha value is -1.57. The van der Waals surface area contributed by atoms with E-state index < -0.39 is 5.54 Å². The van der Waals surface area contributed by atoms with Gasteiger partial charge >= 0.3 is 0 Å². The number of nitrogens with zero attached hydrogens (tertiary/aromatic N) is 1. The summed E-state index contributed by atoms with van der Waals surface area (Å²) in [6.07, 6.45) is 0.575. The van der Waals surface area contributed by atoms with Gasteiger partial charge in [0.2, 0.25) is 0 Å². The molecule has 19 heavy (non-hydrogen) atoms. The van der Waals surface area contributed by atoms with Crippen molar-refractivity contribution in [2.45, 2.75) is 45.3 Å². The highest BCUT2D eigenvalue weighted by molar-refractivity contribution is 5.43. The van der Waals surface area contributed by atoms with E-state index in [9.17, 15) is 5.26 Å². The zero-order valence-electron chi connectivity index (χ0n) is 12.4. The third-order valence-corrected chi connectivity index (χ3v) is 3.11. The van der Waals surface area contributed by atoms with Crippen LogP contribution in [0.1, 0.15) is 32.8 Å². The minimum Gasteiger partial charge on any atom is -0.379 e. The number of hydrogen-bond acceptors (Lipinski definition) is 4. The van der Waals surface area contributed by atoms with Crippen LogP contribution in [0.15, 0.2) is 24.3 Å². The molecule has 0 spiro atoms. The maximum atomic E-state index is 9.36. The molecule has 1 aromatic carbocycles. The van der Waals surface area contributed by atoms with Crippen LogP contribution in [0.3, 0.4) is 0 Å². The zero-order chi connectivity index (χ0) is 14.5. The molecule has 0 saturated heterocycles. The molecule has 0 bridgehead atoms. The Kier molecular flexibility index (Phi) is 4.93. The van der Waals surface area contributed by atoms with Gasteiger partial charge in [0.05, 0.1) is 11.7 Å². The molecule has 0 fully saturated rings. The van der Waals surface area contributed by atoms with E-state index in [0.717, 1.165) is 5.69 Å². The number of nitriles is 1. The molecule has 0 aliphatic heterocycles. The van der Waals surface area contributed by atoms with Crippen molar-refractivity contribution in [1.29, 1.82) is 5.26 Å². The molecular formula is C15H23N3O. The molecule has 1 unspecified atom stereocenters. The van der Waals surface area contributed by atoms with Crippen LogP contribution < -0.4 is 10.9 Å². The summed E-state index contributed by atoms with van der Waals surface area (Å²) in [6.45, 7) is 7.83. The second-order valence-electron chi connectivity index (χ2n) is 5.70. The molecule has 0 aliphatic carbocycles. The normalized spacial score (nSPS) is 14.5. The van der Waals surface area contributed by atoms with Crippen molar-refractivity contribution in [3.63, 3.8) is 0 Å². The van der Waals surface area contributed by atoms with E-state index in [-0.39, 0.29) is 5.60 Å². The lowest BCUT2D eigenvalue weighted by Gasteiger charge is -2.32. The van der Waals surface area contributed by atoms with Gasteiger partial charge in [-0.2, -0.15) is 5.26 Å². The van der Waals surface area contributed by atoms with Gasteiger partial charge in [0.25, 0.3) is 0 Å². The van der Waals surface area contributed by atoms with Gasteiger partial charge in [-0.25, -0.2) is 5.43 Å². The maximum Gasteiger partial charge on any atom is 0.123 e. The number of hydrazine groups is 1. The van der Waals surface area contributed by atoms with E-state index in [1.807, 2.05) is 52.0 Å². The summed E-state index contributed by atoms with van der Waals surface area (Å²) in [6, 6.07) is 10.3. The van der Waals surface area contributed by atoms with Crippen LogP contribution in [0.5, 0.6) is 0 Å². The number of methoxy groups -OCH3 is 1. The standard InChI is InChI=1S/C15H23N3O/c1-12-6-8-13(9-7-12)17-18-15(4,11-16)10-14(2,3)19-5/h6-9,17-18H,10H2,1-5H3. The van der Waals surface area contributed by atoms with Crippen molar-refractivity contribution in [1.82, 2.24) is 5.43 Å². The average Bonchev–Trinajstić information content (AvgIpc) is 2.38. The second-order valence-corrected chi connectivity index (χ2v) is 5.70. The number of hydrogen-bond donors (Lipinski definition) is 2. The average molecular weight is 261 g/mol. The third-order valence-electron chi connectivity index (χ3n) is 3.11. The predicted octanol–water partition coefficient (Wildman–Crippen LogP) is 3.01. The molecular weight excluding hydrogens is 238 g/mol. The van der Waals surface area contributed by atoms with Crippen molar-refractivity contribution < 1.29 is 4.74 Å². The summed E-state index contributed by atoms with van der Waals surface area (Å²) in [5.74, 6) is 0. The van der Waals surface area contributed by atoms with Gasteiger partial charge in [0.1, 0.15) is 5.54 Å². The van der Waals surface area contributed by atoms with Gasteiger partial charge in [0, 0.05) is 19.2 Å². The third kappa shape index (κ3) is 4.90. The SMILES string of the molecule is COC(C)(C)CC(C)(C#N)NNc1ccc(C)cc1. The molecule has 4 nitrogen and oxygen atoms in total. The zero-order valence-corrected chi connectivity index (χ0v) is 12.4. The van der Waals surface area contributed by atoms with Crippen molar-refractivity contribution in [3.8, 4) is 6.07 Å². The van der Waals surface area contributed by atoms with Crippen molar-refractivity contribution in [3.05, 3.63) is 29.8 Å². The molecule has 104 valence electrons. The maximum absolute atomic E-state index is 9.36. The van der Waals surface area contributed by atoms with Crippen LogP contribution in [-0.4, -0.2) is 18.2 Å². The lowest BCUT2D eigenvalue weighted by atomic mass is 9.89. The summed E-state index contributed by atoms with van der Waals surface area (Å²) in [7, 11) is 1.66. The summed E-state index contributed by atoms with van der Waals surface area (Å²) in [5.41, 5.74) is 7.24. The molecule has 1 rings (SSSR count). The van der Waals surface area contributed by atoms with Crippen LogP contribution >= 0.6 is 0 Å². The van der Waals surface area contributed by atoms with Crippen molar-refractivity contribution >= 4 is 5.69 Å². The van der Waals surface area contributed by atoms with Crippen LogP contribution in [0.25, 0.3) is 0 Å². The van der Waals surface area contributed by atoms with Gasteiger partial charge in [-0.1, -0.05) is 17.7 Å². The molecule has 0 aliphatic rings. The van der Waals surface area contributed by atoms with Crippen molar-refractivity contribution in [2.24, 2.45) is 0 Å². The molecule has 1 atom stereocenters. The molecule has 0 heterocycles. The van der Waals surface area contributed by atoms with E-state index in [4.69, 9.17) is 4.74 Å². The lowest BCUT2D eigenvalue weighted by molar-refractivity contribution is 0.00198. The van der Waals surface area contributed by atoms with Gasteiger partial charge in [-0.3, -0.25) is 0 Å². The summed E-state index contributed by atoms with van der Waals surface area (Å²) in [5, 5.41) is 9.36. The number of aryl methyl sites for hydroxylation is 1.